The third kappa shape index (κ3) is 3.45. The van der Waals surface area contributed by atoms with E-state index < -0.39 is 0 Å². The summed E-state index contributed by atoms with van der Waals surface area (Å²) in [5, 5.41) is 12.0. The Labute approximate surface area is 117 Å². The fourth-order valence-electron chi connectivity index (χ4n) is 2.23. The molecule has 1 aliphatic carbocycles. The topological polar surface area (TPSA) is 95.1 Å². The lowest BCUT2D eigenvalue weighted by Gasteiger charge is -2.12. The van der Waals surface area contributed by atoms with E-state index in [2.05, 4.69) is 15.3 Å². The van der Waals surface area contributed by atoms with Crippen molar-refractivity contribution in [3.05, 3.63) is 27.4 Å². The van der Waals surface area contributed by atoms with Crippen molar-refractivity contribution in [2.45, 2.75) is 39.5 Å². The van der Waals surface area contributed by atoms with Gasteiger partial charge in [0.05, 0.1) is 6.61 Å². The number of nitrogens with one attached hydrogen (secondary N) is 2. The Hall–Kier alpha value is -1.69. The molecule has 1 saturated carbocycles. The highest BCUT2D eigenvalue weighted by atomic mass is 16.3. The summed E-state index contributed by atoms with van der Waals surface area (Å²) in [6.45, 7) is 4.15. The van der Waals surface area contributed by atoms with Crippen molar-refractivity contribution >= 4 is 5.91 Å². The van der Waals surface area contributed by atoms with Crippen LogP contribution in [0.1, 0.15) is 36.3 Å². The lowest BCUT2D eigenvalue weighted by atomic mass is 10.1. The Morgan fingerprint density at radius 2 is 2.15 bits per heavy atom. The van der Waals surface area contributed by atoms with Crippen LogP contribution >= 0.6 is 0 Å². The van der Waals surface area contributed by atoms with Gasteiger partial charge in [-0.2, -0.15) is 0 Å². The molecule has 2 rings (SSSR count). The first-order chi connectivity index (χ1) is 9.46. The SMILES string of the molecule is Cc1nc(C)c(CCC(=O)NCC2(CO)CC2)c(=O)[nH]1. The molecule has 0 unspecified atom stereocenters. The molecule has 0 spiro atoms. The summed E-state index contributed by atoms with van der Waals surface area (Å²) in [4.78, 5) is 30.4. The fraction of sp³-hybridized carbons (Fsp3) is 0.643. The molecular formula is C14H21N3O3. The van der Waals surface area contributed by atoms with E-state index in [1.165, 1.54) is 0 Å². The van der Waals surface area contributed by atoms with Gasteiger partial charge in [0.2, 0.25) is 5.91 Å². The molecule has 1 aromatic rings. The number of carbonyl (C=O) groups excluding carboxylic acids is 1. The molecule has 0 radical (unpaired) electrons. The van der Waals surface area contributed by atoms with Gasteiger partial charge in [-0.05, 0) is 33.1 Å². The Morgan fingerprint density at radius 1 is 1.45 bits per heavy atom. The Balaban J connectivity index is 1.86. The van der Waals surface area contributed by atoms with Gasteiger partial charge in [-0.3, -0.25) is 9.59 Å². The highest BCUT2D eigenvalue weighted by Crippen LogP contribution is 2.44. The molecule has 0 saturated heterocycles. The molecule has 6 nitrogen and oxygen atoms in total. The third-order valence-electron chi connectivity index (χ3n) is 3.90. The number of aliphatic hydroxyl groups excluding tert-OH is 1. The molecule has 1 heterocycles. The van der Waals surface area contributed by atoms with Crippen molar-refractivity contribution in [1.29, 1.82) is 0 Å². The standard InChI is InChI=1S/C14H21N3O3/c1-9-11(13(20)17-10(2)16-9)3-4-12(19)15-7-14(8-18)5-6-14/h18H,3-8H2,1-2H3,(H,15,19)(H,16,17,20). The molecule has 1 aromatic heterocycles. The predicted octanol–water partition coefficient (Wildman–Crippen LogP) is 0.208. The number of hydrogen-bond acceptors (Lipinski definition) is 4. The highest BCUT2D eigenvalue weighted by molar-refractivity contribution is 5.76. The van der Waals surface area contributed by atoms with Crippen molar-refractivity contribution in [3.63, 3.8) is 0 Å². The van der Waals surface area contributed by atoms with E-state index in [1.54, 1.807) is 13.8 Å². The van der Waals surface area contributed by atoms with Gasteiger partial charge in [0.25, 0.3) is 5.56 Å². The Morgan fingerprint density at radius 3 is 2.70 bits per heavy atom. The first-order valence-electron chi connectivity index (χ1n) is 6.90. The quantitative estimate of drug-likeness (QED) is 0.693. The zero-order valence-corrected chi connectivity index (χ0v) is 12.0. The summed E-state index contributed by atoms with van der Waals surface area (Å²) in [5.74, 6) is 0.489. The van der Waals surface area contributed by atoms with E-state index >= 15 is 0 Å². The molecule has 3 N–H and O–H groups in total. The number of aromatic nitrogens is 2. The van der Waals surface area contributed by atoms with Gasteiger partial charge in [-0.25, -0.2) is 4.98 Å². The van der Waals surface area contributed by atoms with Crippen LogP contribution in [-0.2, 0) is 11.2 Å². The van der Waals surface area contributed by atoms with Crippen LogP contribution < -0.4 is 10.9 Å². The zero-order chi connectivity index (χ0) is 14.8. The van der Waals surface area contributed by atoms with E-state index in [0.717, 1.165) is 12.8 Å². The van der Waals surface area contributed by atoms with Crippen LogP contribution in [0.25, 0.3) is 0 Å². The maximum atomic E-state index is 11.8. The number of aromatic amines is 1. The van der Waals surface area contributed by atoms with Crippen LogP contribution in [0.3, 0.4) is 0 Å². The van der Waals surface area contributed by atoms with Crippen molar-refractivity contribution < 1.29 is 9.90 Å². The molecule has 1 aliphatic rings. The summed E-state index contributed by atoms with van der Waals surface area (Å²) in [7, 11) is 0. The fourth-order valence-corrected chi connectivity index (χ4v) is 2.23. The van der Waals surface area contributed by atoms with Gasteiger partial charge >= 0.3 is 0 Å². The summed E-state index contributed by atoms with van der Waals surface area (Å²) in [5.41, 5.74) is 0.980. The molecule has 6 heteroatoms. The molecule has 20 heavy (non-hydrogen) atoms. The van der Waals surface area contributed by atoms with E-state index in [9.17, 15) is 14.7 Å². The van der Waals surface area contributed by atoms with Crippen LogP contribution in [0, 0.1) is 19.3 Å². The molecule has 0 bridgehead atoms. The minimum absolute atomic E-state index is 0.0888. The highest BCUT2D eigenvalue weighted by Gasteiger charge is 2.41. The number of hydrogen-bond donors (Lipinski definition) is 3. The number of aliphatic hydroxyl groups is 1. The minimum Gasteiger partial charge on any atom is -0.396 e. The molecule has 0 aliphatic heterocycles. The maximum absolute atomic E-state index is 11.8. The number of carbonyl (C=O) groups is 1. The lowest BCUT2D eigenvalue weighted by Crippen LogP contribution is -2.32. The number of aryl methyl sites for hydroxylation is 2. The van der Waals surface area contributed by atoms with Crippen molar-refractivity contribution in [2.24, 2.45) is 5.41 Å². The second-order valence-electron chi connectivity index (χ2n) is 5.65. The molecule has 110 valence electrons. The zero-order valence-electron chi connectivity index (χ0n) is 12.0. The monoisotopic (exact) mass is 279 g/mol. The normalized spacial score (nSPS) is 15.9. The average molecular weight is 279 g/mol. The lowest BCUT2D eigenvalue weighted by molar-refractivity contribution is -0.121. The Bertz CT molecular complexity index is 561. The van der Waals surface area contributed by atoms with Gasteiger partial charge in [-0.1, -0.05) is 0 Å². The number of rotatable bonds is 6. The van der Waals surface area contributed by atoms with E-state index in [0.29, 0.717) is 30.0 Å². The molecular weight excluding hydrogens is 258 g/mol. The molecule has 0 aromatic carbocycles. The van der Waals surface area contributed by atoms with Gasteiger partial charge in [-0.15, -0.1) is 0 Å². The molecule has 1 amide bonds. The van der Waals surface area contributed by atoms with E-state index in [1.807, 2.05) is 0 Å². The Kier molecular flexibility index (Phi) is 4.23. The second kappa shape index (κ2) is 5.75. The van der Waals surface area contributed by atoms with E-state index in [-0.39, 0.29) is 29.9 Å². The van der Waals surface area contributed by atoms with E-state index in [4.69, 9.17) is 0 Å². The number of amides is 1. The second-order valence-corrected chi connectivity index (χ2v) is 5.65. The van der Waals surface area contributed by atoms with Gasteiger partial charge < -0.3 is 15.4 Å². The van der Waals surface area contributed by atoms with Crippen LogP contribution in [0.5, 0.6) is 0 Å². The van der Waals surface area contributed by atoms with Crippen LogP contribution in [0.4, 0.5) is 0 Å². The predicted molar refractivity (Wildman–Crippen MR) is 74.4 cm³/mol. The summed E-state index contributed by atoms with van der Waals surface area (Å²) in [6, 6.07) is 0. The van der Waals surface area contributed by atoms with Crippen LogP contribution in [-0.4, -0.2) is 34.1 Å². The first kappa shape index (κ1) is 14.7. The van der Waals surface area contributed by atoms with Gasteiger partial charge in [0.1, 0.15) is 5.82 Å². The van der Waals surface area contributed by atoms with Gasteiger partial charge in [0, 0.05) is 29.6 Å². The average Bonchev–Trinajstić information content (AvgIpc) is 3.15. The molecule has 0 atom stereocenters. The number of H-pyrrole nitrogens is 1. The largest absolute Gasteiger partial charge is 0.396 e. The van der Waals surface area contributed by atoms with Gasteiger partial charge in [0.15, 0.2) is 0 Å². The summed E-state index contributed by atoms with van der Waals surface area (Å²) >= 11 is 0. The summed E-state index contributed by atoms with van der Waals surface area (Å²) < 4.78 is 0. The van der Waals surface area contributed by atoms with Crippen LogP contribution in [0.2, 0.25) is 0 Å². The first-order valence-corrected chi connectivity index (χ1v) is 6.90. The van der Waals surface area contributed by atoms with Crippen molar-refractivity contribution in [2.75, 3.05) is 13.2 Å². The van der Waals surface area contributed by atoms with Crippen LogP contribution in [0.15, 0.2) is 4.79 Å². The minimum atomic E-state index is -0.170. The number of nitrogens with zero attached hydrogens (tertiary/aromatic N) is 1. The molecule has 1 fully saturated rings. The third-order valence-corrected chi connectivity index (χ3v) is 3.90. The van der Waals surface area contributed by atoms with Crippen molar-refractivity contribution in [3.8, 4) is 0 Å². The summed E-state index contributed by atoms with van der Waals surface area (Å²) in [6.07, 6.45) is 2.57. The van der Waals surface area contributed by atoms with Crippen molar-refractivity contribution in [1.82, 2.24) is 15.3 Å². The maximum Gasteiger partial charge on any atom is 0.254 e. The smallest absolute Gasteiger partial charge is 0.254 e.